The molecule has 0 bridgehead atoms. The molecular weight excluding hydrogens is 330 g/mol. The highest BCUT2D eigenvalue weighted by atomic mass is 16.7. The van der Waals surface area contributed by atoms with E-state index in [2.05, 4.69) is 0 Å². The topological polar surface area (TPSA) is 97.1 Å². The molecule has 0 atom stereocenters. The third-order valence-corrected chi connectivity index (χ3v) is 3.51. The number of nitro groups is 1. The van der Waals surface area contributed by atoms with Crippen molar-refractivity contribution in [3.8, 4) is 17.2 Å². The molecule has 0 saturated heterocycles. The minimum atomic E-state index is -0.822. The third kappa shape index (κ3) is 3.79. The Hall–Kier alpha value is -3.29. The summed E-state index contributed by atoms with van der Waals surface area (Å²) in [5.74, 6) is 0.327. The summed E-state index contributed by atoms with van der Waals surface area (Å²) in [6, 6.07) is 9.82. The molecule has 0 fully saturated rings. The smallest absolute Gasteiger partial charge is 0.345 e. The zero-order valence-electron chi connectivity index (χ0n) is 13.4. The maximum Gasteiger partial charge on any atom is 0.345 e. The van der Waals surface area contributed by atoms with Gasteiger partial charge in [-0.3, -0.25) is 10.1 Å². The summed E-state index contributed by atoms with van der Waals surface area (Å²) in [4.78, 5) is 22.6. The van der Waals surface area contributed by atoms with Gasteiger partial charge >= 0.3 is 5.97 Å². The average Bonchev–Trinajstić information content (AvgIpc) is 3.06. The molecule has 8 nitrogen and oxygen atoms in total. The van der Waals surface area contributed by atoms with Crippen LogP contribution in [0.15, 0.2) is 36.4 Å². The van der Waals surface area contributed by atoms with Gasteiger partial charge in [-0.15, -0.1) is 0 Å². The monoisotopic (exact) mass is 345 g/mol. The average molecular weight is 345 g/mol. The molecule has 0 saturated carbocycles. The van der Waals surface area contributed by atoms with E-state index in [0.29, 0.717) is 5.75 Å². The molecule has 1 aliphatic rings. The summed E-state index contributed by atoms with van der Waals surface area (Å²) in [6.45, 7) is 2.00. The number of fused-ring (bicyclic) bond motifs is 1. The maximum atomic E-state index is 12.1. The number of esters is 1. The molecule has 0 radical (unpaired) electrons. The number of nitrogens with zero attached hydrogens (tertiary/aromatic N) is 1. The molecule has 1 aliphatic heterocycles. The van der Waals surface area contributed by atoms with Crippen LogP contribution in [0.1, 0.15) is 15.9 Å². The van der Waals surface area contributed by atoms with Crippen molar-refractivity contribution in [2.75, 3.05) is 20.0 Å². The van der Waals surface area contributed by atoms with E-state index >= 15 is 0 Å². The van der Waals surface area contributed by atoms with E-state index in [1.165, 1.54) is 6.07 Å². The Morgan fingerprint density at radius 2 is 1.84 bits per heavy atom. The molecule has 2 aromatic carbocycles. The number of hydrogen-bond donors (Lipinski definition) is 0. The van der Waals surface area contributed by atoms with Crippen LogP contribution in [-0.4, -0.2) is 30.9 Å². The fraction of sp³-hybridized carbons (Fsp3) is 0.235. The predicted octanol–water partition coefficient (Wildman–Crippen LogP) is 2.87. The molecular formula is C17H15NO7. The van der Waals surface area contributed by atoms with Gasteiger partial charge < -0.3 is 18.9 Å². The number of aryl methyl sites for hydroxylation is 1. The van der Waals surface area contributed by atoms with Crippen molar-refractivity contribution >= 4 is 11.7 Å². The van der Waals surface area contributed by atoms with Gasteiger partial charge in [-0.25, -0.2) is 4.79 Å². The quantitative estimate of drug-likeness (QED) is 0.344. The van der Waals surface area contributed by atoms with Gasteiger partial charge in [-0.2, -0.15) is 0 Å². The van der Waals surface area contributed by atoms with Crippen LogP contribution in [0, 0.1) is 17.0 Å². The number of carbonyl (C=O) groups excluding carboxylic acids is 1. The van der Waals surface area contributed by atoms with Gasteiger partial charge in [0.15, 0.2) is 11.5 Å². The first kappa shape index (κ1) is 16.6. The number of rotatable bonds is 6. The van der Waals surface area contributed by atoms with Crippen LogP contribution >= 0.6 is 0 Å². The lowest BCUT2D eigenvalue weighted by Gasteiger charge is -2.08. The van der Waals surface area contributed by atoms with Crippen LogP contribution < -0.4 is 14.2 Å². The molecule has 2 aromatic rings. The minimum absolute atomic E-state index is 0.0433. The summed E-state index contributed by atoms with van der Waals surface area (Å²) in [7, 11) is 0. The Labute approximate surface area is 143 Å². The molecule has 1 heterocycles. The molecule has 3 rings (SSSR count). The lowest BCUT2D eigenvalue weighted by molar-refractivity contribution is -0.385. The van der Waals surface area contributed by atoms with Crippen molar-refractivity contribution in [1.82, 2.24) is 0 Å². The summed E-state index contributed by atoms with van der Waals surface area (Å²) in [5.41, 5.74) is 0.521. The van der Waals surface area contributed by atoms with Crippen LogP contribution in [0.5, 0.6) is 17.2 Å². The van der Waals surface area contributed by atoms with Gasteiger partial charge in [-0.1, -0.05) is 17.7 Å². The number of nitro benzene ring substituents is 1. The van der Waals surface area contributed by atoms with Gasteiger partial charge in [-0.05, 0) is 19.1 Å². The Morgan fingerprint density at radius 1 is 1.16 bits per heavy atom. The van der Waals surface area contributed by atoms with Crippen molar-refractivity contribution in [3.63, 3.8) is 0 Å². The van der Waals surface area contributed by atoms with Crippen molar-refractivity contribution in [2.24, 2.45) is 0 Å². The fourth-order valence-corrected chi connectivity index (χ4v) is 2.25. The van der Waals surface area contributed by atoms with Crippen LogP contribution in [0.25, 0.3) is 0 Å². The van der Waals surface area contributed by atoms with Gasteiger partial charge in [0.25, 0.3) is 5.69 Å². The normalized spacial score (nSPS) is 11.9. The molecule has 8 heteroatoms. The van der Waals surface area contributed by atoms with Gasteiger partial charge in [0.1, 0.15) is 24.5 Å². The molecule has 0 N–H and O–H groups in total. The van der Waals surface area contributed by atoms with Crippen LogP contribution in [0.2, 0.25) is 0 Å². The highest BCUT2D eigenvalue weighted by Gasteiger charge is 2.28. The number of carbonyl (C=O) groups is 1. The zero-order valence-corrected chi connectivity index (χ0v) is 13.4. The summed E-state index contributed by atoms with van der Waals surface area (Å²) < 4.78 is 20.7. The highest BCUT2D eigenvalue weighted by molar-refractivity contribution is 5.95. The van der Waals surface area contributed by atoms with E-state index in [9.17, 15) is 14.9 Å². The first-order valence-electron chi connectivity index (χ1n) is 7.49. The van der Waals surface area contributed by atoms with Crippen molar-refractivity contribution in [2.45, 2.75) is 6.92 Å². The predicted molar refractivity (Wildman–Crippen MR) is 86.2 cm³/mol. The Bertz CT molecular complexity index is 801. The van der Waals surface area contributed by atoms with Crippen molar-refractivity contribution in [1.29, 1.82) is 0 Å². The summed E-state index contributed by atoms with van der Waals surface area (Å²) in [5, 5.41) is 11.1. The van der Waals surface area contributed by atoms with E-state index in [1.807, 2.05) is 19.1 Å². The van der Waals surface area contributed by atoms with E-state index < -0.39 is 16.6 Å². The molecule has 0 aliphatic carbocycles. The highest BCUT2D eigenvalue weighted by Crippen LogP contribution is 2.38. The van der Waals surface area contributed by atoms with Gasteiger partial charge in [0, 0.05) is 6.07 Å². The van der Waals surface area contributed by atoms with E-state index in [0.717, 1.165) is 11.6 Å². The van der Waals surface area contributed by atoms with Crippen LogP contribution in [-0.2, 0) is 4.74 Å². The third-order valence-electron chi connectivity index (χ3n) is 3.51. The number of hydrogen-bond acceptors (Lipinski definition) is 7. The SMILES string of the molecule is Cc1ccc(OCCOC(=O)c2cc3c(cc2[N+](=O)[O-])OCO3)cc1. The van der Waals surface area contributed by atoms with Gasteiger partial charge in [0.05, 0.1) is 11.0 Å². The molecule has 0 unspecified atom stereocenters. The summed E-state index contributed by atoms with van der Waals surface area (Å²) >= 11 is 0. The molecule has 0 amide bonds. The fourth-order valence-electron chi connectivity index (χ4n) is 2.25. The standard InChI is InChI=1S/C17H15NO7/c1-11-2-4-12(5-3-11)22-6-7-23-17(19)13-8-15-16(25-10-24-15)9-14(13)18(20)21/h2-5,8-9H,6-7,10H2,1H3. The minimum Gasteiger partial charge on any atom is -0.490 e. The number of benzene rings is 2. The lowest BCUT2D eigenvalue weighted by Crippen LogP contribution is -2.13. The molecule has 0 aromatic heterocycles. The second-order valence-corrected chi connectivity index (χ2v) is 5.28. The lowest BCUT2D eigenvalue weighted by atomic mass is 10.1. The van der Waals surface area contributed by atoms with Crippen molar-refractivity contribution in [3.05, 3.63) is 57.6 Å². The first-order chi connectivity index (χ1) is 12.0. The number of ether oxygens (including phenoxy) is 4. The maximum absolute atomic E-state index is 12.1. The molecule has 25 heavy (non-hydrogen) atoms. The Kier molecular flexibility index (Phi) is 4.69. The summed E-state index contributed by atoms with van der Waals surface area (Å²) in [6.07, 6.45) is 0. The van der Waals surface area contributed by atoms with Crippen LogP contribution in [0.3, 0.4) is 0 Å². The Morgan fingerprint density at radius 3 is 2.52 bits per heavy atom. The second-order valence-electron chi connectivity index (χ2n) is 5.28. The van der Waals surface area contributed by atoms with Gasteiger partial charge in [0.2, 0.25) is 6.79 Å². The van der Waals surface area contributed by atoms with E-state index in [1.54, 1.807) is 12.1 Å². The van der Waals surface area contributed by atoms with Crippen LogP contribution in [0.4, 0.5) is 5.69 Å². The molecule has 0 spiro atoms. The second kappa shape index (κ2) is 7.08. The van der Waals surface area contributed by atoms with E-state index in [-0.39, 0.29) is 37.1 Å². The Balaban J connectivity index is 1.61. The van der Waals surface area contributed by atoms with E-state index in [4.69, 9.17) is 18.9 Å². The van der Waals surface area contributed by atoms with Crippen molar-refractivity contribution < 1.29 is 28.7 Å². The zero-order chi connectivity index (χ0) is 17.8. The largest absolute Gasteiger partial charge is 0.490 e. The molecule has 130 valence electrons. The first-order valence-corrected chi connectivity index (χ1v) is 7.49.